The average Bonchev–Trinajstić information content (AvgIpc) is 2.90. The van der Waals surface area contributed by atoms with E-state index in [-0.39, 0.29) is 6.03 Å². The van der Waals surface area contributed by atoms with Gasteiger partial charge in [-0.25, -0.2) is 4.79 Å². The second kappa shape index (κ2) is 7.80. The van der Waals surface area contributed by atoms with Crippen LogP contribution in [0.15, 0.2) is 48.5 Å². The first kappa shape index (κ1) is 17.5. The van der Waals surface area contributed by atoms with Gasteiger partial charge in [-0.1, -0.05) is 36.2 Å². The van der Waals surface area contributed by atoms with Crippen LogP contribution in [0.1, 0.15) is 25.1 Å². The van der Waals surface area contributed by atoms with Crippen LogP contribution in [-0.4, -0.2) is 20.8 Å². The standard InChI is InChI=1S/C20H20ClN5O/c21-15-7-5-9-17(13-15)23-20(27)22-16-8-4-6-14(12-16)19-25-24-18-10-2-1-3-11-26(18)19/h4-9,12-13H,1-3,10-11H2,(H2,22,23,27). The van der Waals surface area contributed by atoms with Crippen molar-refractivity contribution in [1.82, 2.24) is 14.8 Å². The lowest BCUT2D eigenvalue weighted by Crippen LogP contribution is -2.19. The Kier molecular flexibility index (Phi) is 5.07. The molecule has 1 aliphatic rings. The highest BCUT2D eigenvalue weighted by Gasteiger charge is 2.16. The number of carbonyl (C=O) groups excluding carboxylic acids is 1. The average molecular weight is 382 g/mol. The van der Waals surface area contributed by atoms with Crippen LogP contribution >= 0.6 is 11.6 Å². The fraction of sp³-hybridized carbons (Fsp3) is 0.250. The number of carbonyl (C=O) groups is 1. The van der Waals surface area contributed by atoms with Crippen molar-refractivity contribution in [2.75, 3.05) is 10.6 Å². The van der Waals surface area contributed by atoms with Crippen LogP contribution in [0.3, 0.4) is 0 Å². The monoisotopic (exact) mass is 381 g/mol. The van der Waals surface area contributed by atoms with E-state index in [9.17, 15) is 4.79 Å². The SMILES string of the molecule is O=C(Nc1cccc(Cl)c1)Nc1cccc(-c2nnc3n2CCCCC3)c1. The number of aromatic nitrogens is 3. The van der Waals surface area contributed by atoms with E-state index in [2.05, 4.69) is 25.4 Å². The summed E-state index contributed by atoms with van der Waals surface area (Å²) in [7, 11) is 0. The van der Waals surface area contributed by atoms with Crippen molar-refractivity contribution in [3.8, 4) is 11.4 Å². The van der Waals surface area contributed by atoms with Gasteiger partial charge in [0.1, 0.15) is 5.82 Å². The Morgan fingerprint density at radius 2 is 1.74 bits per heavy atom. The normalized spacial score (nSPS) is 13.5. The number of anilines is 2. The molecular formula is C20H20ClN5O. The van der Waals surface area contributed by atoms with Crippen LogP contribution in [0.5, 0.6) is 0 Å². The summed E-state index contributed by atoms with van der Waals surface area (Å²) < 4.78 is 2.19. The van der Waals surface area contributed by atoms with Crippen molar-refractivity contribution in [2.45, 2.75) is 32.2 Å². The maximum atomic E-state index is 12.3. The molecule has 0 atom stereocenters. The van der Waals surface area contributed by atoms with Gasteiger partial charge in [0.15, 0.2) is 5.82 Å². The molecule has 0 spiro atoms. The van der Waals surface area contributed by atoms with E-state index in [0.29, 0.717) is 16.4 Å². The molecule has 138 valence electrons. The highest BCUT2D eigenvalue weighted by Crippen LogP contribution is 2.25. The van der Waals surface area contributed by atoms with Crippen molar-refractivity contribution >= 4 is 29.0 Å². The Morgan fingerprint density at radius 1 is 0.963 bits per heavy atom. The molecule has 2 heterocycles. The molecular weight excluding hydrogens is 362 g/mol. The summed E-state index contributed by atoms with van der Waals surface area (Å²) in [6, 6.07) is 14.4. The van der Waals surface area contributed by atoms with Gasteiger partial charge in [0.25, 0.3) is 0 Å². The minimum Gasteiger partial charge on any atom is -0.311 e. The van der Waals surface area contributed by atoms with Crippen LogP contribution in [-0.2, 0) is 13.0 Å². The van der Waals surface area contributed by atoms with Gasteiger partial charge < -0.3 is 15.2 Å². The fourth-order valence-electron chi connectivity index (χ4n) is 3.29. The lowest BCUT2D eigenvalue weighted by Gasteiger charge is -2.10. The lowest BCUT2D eigenvalue weighted by atomic mass is 10.2. The first-order chi connectivity index (χ1) is 13.2. The molecule has 1 aromatic heterocycles. The van der Waals surface area contributed by atoms with Gasteiger partial charge in [0.2, 0.25) is 0 Å². The Hall–Kier alpha value is -2.86. The van der Waals surface area contributed by atoms with Crippen molar-refractivity contribution in [1.29, 1.82) is 0 Å². The van der Waals surface area contributed by atoms with Crippen LogP contribution < -0.4 is 10.6 Å². The van der Waals surface area contributed by atoms with Crippen molar-refractivity contribution in [3.63, 3.8) is 0 Å². The largest absolute Gasteiger partial charge is 0.323 e. The molecule has 4 rings (SSSR count). The minimum absolute atomic E-state index is 0.325. The number of nitrogens with zero attached hydrogens (tertiary/aromatic N) is 3. The van der Waals surface area contributed by atoms with E-state index < -0.39 is 0 Å². The zero-order valence-electron chi connectivity index (χ0n) is 14.8. The number of benzene rings is 2. The van der Waals surface area contributed by atoms with Crippen LogP contribution in [0.4, 0.5) is 16.2 Å². The summed E-state index contributed by atoms with van der Waals surface area (Å²) in [5.74, 6) is 1.89. The number of aryl methyl sites for hydroxylation is 1. The van der Waals surface area contributed by atoms with Gasteiger partial charge in [-0.2, -0.15) is 0 Å². The van der Waals surface area contributed by atoms with Crippen LogP contribution in [0, 0.1) is 0 Å². The molecule has 2 N–H and O–H groups in total. The number of halogens is 1. The van der Waals surface area contributed by atoms with E-state index in [0.717, 1.165) is 43.0 Å². The number of urea groups is 1. The molecule has 2 amide bonds. The molecule has 0 saturated carbocycles. The van der Waals surface area contributed by atoms with E-state index in [4.69, 9.17) is 11.6 Å². The molecule has 0 fully saturated rings. The Labute approximate surface area is 162 Å². The molecule has 0 unspecified atom stereocenters. The highest BCUT2D eigenvalue weighted by atomic mass is 35.5. The van der Waals surface area contributed by atoms with Crippen molar-refractivity contribution in [2.24, 2.45) is 0 Å². The minimum atomic E-state index is -0.325. The van der Waals surface area contributed by atoms with Crippen molar-refractivity contribution in [3.05, 3.63) is 59.4 Å². The predicted molar refractivity (Wildman–Crippen MR) is 107 cm³/mol. The molecule has 0 radical (unpaired) electrons. The molecule has 0 bridgehead atoms. The Morgan fingerprint density at radius 3 is 2.56 bits per heavy atom. The molecule has 2 aromatic carbocycles. The van der Waals surface area contributed by atoms with Crippen molar-refractivity contribution < 1.29 is 4.79 Å². The predicted octanol–water partition coefficient (Wildman–Crippen LogP) is 4.97. The third-order valence-electron chi connectivity index (χ3n) is 4.57. The Balaban J connectivity index is 1.51. The van der Waals surface area contributed by atoms with Gasteiger partial charge in [-0.15, -0.1) is 10.2 Å². The molecule has 27 heavy (non-hydrogen) atoms. The van der Waals surface area contributed by atoms with Gasteiger partial charge in [0, 0.05) is 34.9 Å². The molecule has 0 aliphatic carbocycles. The second-order valence-corrected chi connectivity index (χ2v) is 7.01. The molecule has 3 aromatic rings. The number of amides is 2. The van der Waals surface area contributed by atoms with E-state index in [1.165, 1.54) is 6.42 Å². The van der Waals surface area contributed by atoms with Gasteiger partial charge >= 0.3 is 6.03 Å². The van der Waals surface area contributed by atoms with E-state index in [1.54, 1.807) is 24.3 Å². The number of hydrogen-bond donors (Lipinski definition) is 2. The Bertz CT molecular complexity index is 969. The molecule has 0 saturated heterocycles. The number of hydrogen-bond acceptors (Lipinski definition) is 3. The van der Waals surface area contributed by atoms with Gasteiger partial charge in [-0.3, -0.25) is 0 Å². The molecule has 6 nitrogen and oxygen atoms in total. The van der Waals surface area contributed by atoms with Crippen LogP contribution in [0.25, 0.3) is 11.4 Å². The third kappa shape index (κ3) is 4.11. The lowest BCUT2D eigenvalue weighted by molar-refractivity contribution is 0.262. The summed E-state index contributed by atoms with van der Waals surface area (Å²) in [6.45, 7) is 0.935. The van der Waals surface area contributed by atoms with Crippen LogP contribution in [0.2, 0.25) is 5.02 Å². The summed E-state index contributed by atoms with van der Waals surface area (Å²) in [6.07, 6.45) is 4.47. The fourth-order valence-corrected chi connectivity index (χ4v) is 3.48. The second-order valence-electron chi connectivity index (χ2n) is 6.57. The number of rotatable bonds is 3. The highest BCUT2D eigenvalue weighted by molar-refractivity contribution is 6.30. The van der Waals surface area contributed by atoms with E-state index >= 15 is 0 Å². The van der Waals surface area contributed by atoms with Gasteiger partial charge in [0.05, 0.1) is 0 Å². The summed E-state index contributed by atoms with van der Waals surface area (Å²) in [5.41, 5.74) is 2.27. The quantitative estimate of drug-likeness (QED) is 0.672. The first-order valence-electron chi connectivity index (χ1n) is 9.05. The molecule has 1 aliphatic heterocycles. The summed E-state index contributed by atoms with van der Waals surface area (Å²) in [4.78, 5) is 12.3. The molecule has 7 heteroatoms. The van der Waals surface area contributed by atoms with E-state index in [1.807, 2.05) is 24.3 Å². The number of nitrogens with one attached hydrogen (secondary N) is 2. The zero-order chi connectivity index (χ0) is 18.6. The summed E-state index contributed by atoms with van der Waals surface area (Å²) in [5, 5.41) is 14.9. The first-order valence-corrected chi connectivity index (χ1v) is 9.43. The maximum absolute atomic E-state index is 12.3. The number of fused-ring (bicyclic) bond motifs is 1. The van der Waals surface area contributed by atoms with Gasteiger partial charge in [-0.05, 0) is 43.2 Å². The topological polar surface area (TPSA) is 71.8 Å². The smallest absolute Gasteiger partial charge is 0.311 e. The summed E-state index contributed by atoms with van der Waals surface area (Å²) >= 11 is 5.95. The third-order valence-corrected chi connectivity index (χ3v) is 4.81. The maximum Gasteiger partial charge on any atom is 0.323 e. The zero-order valence-corrected chi connectivity index (χ0v) is 15.5.